The lowest BCUT2D eigenvalue weighted by atomic mass is 9.97. The van der Waals surface area contributed by atoms with Gasteiger partial charge in [0.2, 0.25) is 0 Å². The molecule has 0 spiro atoms. The highest BCUT2D eigenvalue weighted by atomic mass is 32.1. The molecule has 0 aliphatic carbocycles. The molecule has 1 atom stereocenters. The maximum Gasteiger partial charge on any atom is 0.123 e. The van der Waals surface area contributed by atoms with E-state index in [0.29, 0.717) is 5.92 Å². The topological polar surface area (TPSA) is 12.9 Å². The van der Waals surface area contributed by atoms with Gasteiger partial charge in [-0.15, -0.1) is 11.3 Å². The highest BCUT2D eigenvalue weighted by Crippen LogP contribution is 2.33. The summed E-state index contributed by atoms with van der Waals surface area (Å²) in [5.74, 6) is 0.596. The molecular formula is C19H19NS. The molecule has 1 heterocycles. The van der Waals surface area contributed by atoms with Crippen LogP contribution < -0.4 is 0 Å². The Bertz CT molecular complexity index is 715. The summed E-state index contributed by atoms with van der Waals surface area (Å²) in [6.07, 6.45) is 3.14. The van der Waals surface area contributed by atoms with E-state index in [-0.39, 0.29) is 0 Å². The fraction of sp³-hybridized carbons (Fsp3) is 0.211. The first-order valence-corrected chi connectivity index (χ1v) is 8.21. The molecule has 0 radical (unpaired) electrons. The van der Waals surface area contributed by atoms with Crippen molar-refractivity contribution in [3.05, 3.63) is 66.4 Å². The number of thiazole rings is 1. The van der Waals surface area contributed by atoms with Crippen LogP contribution in [-0.2, 0) is 0 Å². The van der Waals surface area contributed by atoms with E-state index in [4.69, 9.17) is 0 Å². The van der Waals surface area contributed by atoms with Gasteiger partial charge in [-0.25, -0.2) is 4.98 Å². The third-order valence-corrected chi connectivity index (χ3v) is 4.97. The Balaban J connectivity index is 1.93. The largest absolute Gasteiger partial charge is 0.244 e. The van der Waals surface area contributed by atoms with Gasteiger partial charge in [0.05, 0.1) is 4.88 Å². The Labute approximate surface area is 130 Å². The van der Waals surface area contributed by atoms with E-state index in [2.05, 4.69) is 67.4 Å². The highest BCUT2D eigenvalue weighted by molar-refractivity contribution is 7.18. The lowest BCUT2D eigenvalue weighted by molar-refractivity contribution is 0.734. The Morgan fingerprint density at radius 2 is 1.76 bits per heavy atom. The summed E-state index contributed by atoms with van der Waals surface area (Å²) in [4.78, 5) is 5.83. The quantitative estimate of drug-likeness (QED) is 0.575. The number of aromatic nitrogens is 1. The third-order valence-electron chi connectivity index (χ3n) is 3.88. The molecule has 0 saturated heterocycles. The molecule has 2 heteroatoms. The van der Waals surface area contributed by atoms with Crippen molar-refractivity contribution in [1.29, 1.82) is 0 Å². The Hall–Kier alpha value is -1.93. The Morgan fingerprint density at radius 3 is 2.52 bits per heavy atom. The number of nitrogens with zero attached hydrogens (tertiary/aromatic N) is 1. The number of rotatable bonds is 4. The molecule has 3 rings (SSSR count). The monoisotopic (exact) mass is 293 g/mol. The third kappa shape index (κ3) is 3.06. The lowest BCUT2D eigenvalue weighted by Crippen LogP contribution is -1.91. The molecule has 0 aliphatic heterocycles. The van der Waals surface area contributed by atoms with E-state index in [1.54, 1.807) is 11.3 Å². The van der Waals surface area contributed by atoms with Crippen molar-refractivity contribution in [2.45, 2.75) is 26.2 Å². The number of hydrogen-bond acceptors (Lipinski definition) is 2. The lowest BCUT2D eigenvalue weighted by Gasteiger charge is -2.09. The second kappa shape index (κ2) is 6.23. The van der Waals surface area contributed by atoms with Crippen LogP contribution >= 0.6 is 11.3 Å². The van der Waals surface area contributed by atoms with Gasteiger partial charge in [-0.3, -0.25) is 0 Å². The predicted octanol–water partition coefficient (Wildman–Crippen LogP) is 5.99. The molecule has 1 unspecified atom stereocenters. The zero-order valence-electron chi connectivity index (χ0n) is 12.4. The van der Waals surface area contributed by atoms with Crippen LogP contribution in [0.1, 0.15) is 31.7 Å². The van der Waals surface area contributed by atoms with Crippen LogP contribution in [0.3, 0.4) is 0 Å². The maximum atomic E-state index is 4.61. The molecule has 0 amide bonds. The first-order valence-electron chi connectivity index (χ1n) is 7.39. The molecule has 106 valence electrons. The van der Waals surface area contributed by atoms with Gasteiger partial charge in [-0.05, 0) is 29.5 Å². The summed E-state index contributed by atoms with van der Waals surface area (Å²) in [5.41, 5.74) is 3.85. The van der Waals surface area contributed by atoms with Crippen LogP contribution in [-0.4, -0.2) is 4.98 Å². The van der Waals surface area contributed by atoms with E-state index in [9.17, 15) is 0 Å². The first kappa shape index (κ1) is 14.0. The summed E-state index contributed by atoms with van der Waals surface area (Å²) in [6.45, 7) is 4.50. The van der Waals surface area contributed by atoms with E-state index in [1.807, 2.05) is 12.3 Å². The average Bonchev–Trinajstić information content (AvgIpc) is 3.05. The fourth-order valence-electron chi connectivity index (χ4n) is 2.36. The van der Waals surface area contributed by atoms with Crippen LogP contribution in [0.2, 0.25) is 0 Å². The SMILES string of the molecule is CCC(C)c1cccc(-c2ncc(-c3ccccc3)s2)c1. The summed E-state index contributed by atoms with van der Waals surface area (Å²) in [6, 6.07) is 19.2. The Kier molecular flexibility index (Phi) is 4.16. The van der Waals surface area contributed by atoms with E-state index in [0.717, 1.165) is 11.4 Å². The van der Waals surface area contributed by atoms with Crippen LogP contribution in [0.5, 0.6) is 0 Å². The number of hydrogen-bond donors (Lipinski definition) is 0. The minimum Gasteiger partial charge on any atom is -0.244 e. The van der Waals surface area contributed by atoms with Gasteiger partial charge >= 0.3 is 0 Å². The second-order valence-corrected chi connectivity index (χ2v) is 6.36. The molecular weight excluding hydrogens is 274 g/mol. The summed E-state index contributed by atoms with van der Waals surface area (Å²) < 4.78 is 0. The van der Waals surface area contributed by atoms with Gasteiger partial charge in [-0.1, -0.05) is 62.4 Å². The molecule has 0 bridgehead atoms. The molecule has 0 saturated carbocycles. The molecule has 0 aliphatic rings. The van der Waals surface area contributed by atoms with Gasteiger partial charge in [0, 0.05) is 11.8 Å². The Morgan fingerprint density at radius 1 is 1.00 bits per heavy atom. The maximum absolute atomic E-state index is 4.61. The number of benzene rings is 2. The van der Waals surface area contributed by atoms with Crippen molar-refractivity contribution >= 4 is 11.3 Å². The minimum absolute atomic E-state index is 0.596. The van der Waals surface area contributed by atoms with E-state index < -0.39 is 0 Å². The predicted molar refractivity (Wildman–Crippen MR) is 91.7 cm³/mol. The smallest absolute Gasteiger partial charge is 0.123 e. The highest BCUT2D eigenvalue weighted by Gasteiger charge is 2.09. The fourth-order valence-corrected chi connectivity index (χ4v) is 3.28. The molecule has 0 fully saturated rings. The second-order valence-electron chi connectivity index (χ2n) is 5.33. The zero-order chi connectivity index (χ0) is 14.7. The molecule has 3 aromatic rings. The van der Waals surface area contributed by atoms with Crippen molar-refractivity contribution in [1.82, 2.24) is 4.98 Å². The van der Waals surface area contributed by atoms with Crippen LogP contribution in [0, 0.1) is 0 Å². The molecule has 1 nitrogen and oxygen atoms in total. The van der Waals surface area contributed by atoms with Crippen molar-refractivity contribution in [3.8, 4) is 21.0 Å². The van der Waals surface area contributed by atoms with Crippen LogP contribution in [0.25, 0.3) is 21.0 Å². The van der Waals surface area contributed by atoms with Crippen LogP contribution in [0.4, 0.5) is 0 Å². The summed E-state index contributed by atoms with van der Waals surface area (Å²) in [7, 11) is 0. The summed E-state index contributed by atoms with van der Waals surface area (Å²) in [5, 5.41) is 1.10. The van der Waals surface area contributed by atoms with Crippen LogP contribution in [0.15, 0.2) is 60.8 Å². The molecule has 1 aromatic heterocycles. The van der Waals surface area contributed by atoms with Gasteiger partial charge in [0.1, 0.15) is 5.01 Å². The normalized spacial score (nSPS) is 12.3. The zero-order valence-corrected chi connectivity index (χ0v) is 13.2. The van der Waals surface area contributed by atoms with Crippen molar-refractivity contribution in [2.75, 3.05) is 0 Å². The van der Waals surface area contributed by atoms with Gasteiger partial charge in [0.15, 0.2) is 0 Å². The minimum atomic E-state index is 0.596. The van der Waals surface area contributed by atoms with E-state index >= 15 is 0 Å². The standard InChI is InChI=1S/C19H19NS/c1-3-14(2)16-10-7-11-17(12-16)19-20-13-18(21-19)15-8-5-4-6-9-15/h4-14H,3H2,1-2H3. The van der Waals surface area contributed by atoms with Crippen molar-refractivity contribution < 1.29 is 0 Å². The average molecular weight is 293 g/mol. The van der Waals surface area contributed by atoms with Crippen molar-refractivity contribution in [3.63, 3.8) is 0 Å². The molecule has 0 N–H and O–H groups in total. The summed E-state index contributed by atoms with van der Waals surface area (Å²) >= 11 is 1.76. The van der Waals surface area contributed by atoms with Crippen molar-refractivity contribution in [2.24, 2.45) is 0 Å². The first-order chi connectivity index (χ1) is 10.3. The van der Waals surface area contributed by atoms with Gasteiger partial charge in [-0.2, -0.15) is 0 Å². The molecule has 21 heavy (non-hydrogen) atoms. The van der Waals surface area contributed by atoms with Gasteiger partial charge in [0.25, 0.3) is 0 Å². The molecule has 2 aromatic carbocycles. The van der Waals surface area contributed by atoms with E-state index in [1.165, 1.54) is 21.6 Å². The van der Waals surface area contributed by atoms with Gasteiger partial charge < -0.3 is 0 Å².